The quantitative estimate of drug-likeness (QED) is 0.833. The van der Waals surface area contributed by atoms with Crippen molar-refractivity contribution in [3.05, 3.63) is 35.4 Å². The van der Waals surface area contributed by atoms with Crippen molar-refractivity contribution in [2.45, 2.75) is 18.9 Å². The van der Waals surface area contributed by atoms with Gasteiger partial charge in [-0.3, -0.25) is 9.69 Å². The van der Waals surface area contributed by atoms with Gasteiger partial charge < -0.3 is 5.73 Å². The van der Waals surface area contributed by atoms with Gasteiger partial charge in [-0.2, -0.15) is 0 Å². The first-order valence-corrected chi connectivity index (χ1v) is 6.02. The van der Waals surface area contributed by atoms with Gasteiger partial charge in [0, 0.05) is 18.7 Å². The van der Waals surface area contributed by atoms with E-state index in [0.717, 1.165) is 31.5 Å². The van der Waals surface area contributed by atoms with Crippen molar-refractivity contribution in [2.75, 3.05) is 19.6 Å². The minimum absolute atomic E-state index is 0.0597. The van der Waals surface area contributed by atoms with Gasteiger partial charge in [-0.15, -0.1) is 0 Å². The first-order chi connectivity index (χ1) is 8.56. The Morgan fingerprint density at radius 1 is 1.44 bits per heavy atom. The second kappa shape index (κ2) is 5.54. The van der Waals surface area contributed by atoms with Crippen LogP contribution < -0.4 is 5.73 Å². The fraction of sp³-hybridized carbons (Fsp3) is 0.462. The number of halogens is 2. The van der Waals surface area contributed by atoms with Gasteiger partial charge in [-0.05, 0) is 31.5 Å². The maximum absolute atomic E-state index is 13.4. The molecule has 0 aliphatic carbocycles. The third-order valence-electron chi connectivity index (χ3n) is 3.14. The lowest BCUT2D eigenvalue weighted by Crippen LogP contribution is -2.44. The largest absolute Gasteiger partial charge is 0.327 e. The minimum Gasteiger partial charge on any atom is -0.327 e. The second-order valence-electron chi connectivity index (χ2n) is 4.68. The highest BCUT2D eigenvalue weighted by atomic mass is 19.1. The third-order valence-corrected chi connectivity index (χ3v) is 3.14. The molecule has 2 rings (SSSR count). The van der Waals surface area contributed by atoms with Crippen molar-refractivity contribution in [3.63, 3.8) is 0 Å². The summed E-state index contributed by atoms with van der Waals surface area (Å²) < 4.78 is 26.2. The molecule has 18 heavy (non-hydrogen) atoms. The summed E-state index contributed by atoms with van der Waals surface area (Å²) in [5.74, 6) is -1.81. The normalized spacial score (nSPS) is 20.9. The minimum atomic E-state index is -0.804. The van der Waals surface area contributed by atoms with Gasteiger partial charge in [0.05, 0.1) is 12.1 Å². The zero-order valence-electron chi connectivity index (χ0n) is 10.0. The predicted molar refractivity (Wildman–Crippen MR) is 64.3 cm³/mol. The first-order valence-electron chi connectivity index (χ1n) is 6.02. The lowest BCUT2D eigenvalue weighted by Gasteiger charge is -2.29. The molecular formula is C13H16F2N2O. The molecule has 0 radical (unpaired) electrons. The number of hydrogen-bond donors (Lipinski definition) is 1. The number of likely N-dealkylation sites (tertiary alicyclic amines) is 1. The number of ketones is 1. The summed E-state index contributed by atoms with van der Waals surface area (Å²) in [5, 5.41) is 0. The maximum Gasteiger partial charge on any atom is 0.179 e. The van der Waals surface area contributed by atoms with Crippen LogP contribution in [0.2, 0.25) is 0 Å². The number of hydrogen-bond acceptors (Lipinski definition) is 3. The van der Waals surface area contributed by atoms with Gasteiger partial charge in [0.25, 0.3) is 0 Å². The van der Waals surface area contributed by atoms with Gasteiger partial charge >= 0.3 is 0 Å². The molecule has 98 valence electrons. The van der Waals surface area contributed by atoms with Gasteiger partial charge in [-0.25, -0.2) is 8.78 Å². The van der Waals surface area contributed by atoms with E-state index in [4.69, 9.17) is 5.73 Å². The number of nitrogens with two attached hydrogens (primary N) is 1. The zero-order valence-corrected chi connectivity index (χ0v) is 10.0. The van der Waals surface area contributed by atoms with Gasteiger partial charge in [0.15, 0.2) is 5.78 Å². The molecule has 1 heterocycles. The van der Waals surface area contributed by atoms with E-state index >= 15 is 0 Å². The summed E-state index contributed by atoms with van der Waals surface area (Å²) in [5.41, 5.74) is 5.75. The topological polar surface area (TPSA) is 46.3 Å². The van der Waals surface area contributed by atoms with E-state index in [9.17, 15) is 13.6 Å². The molecular weight excluding hydrogens is 238 g/mol. The van der Waals surface area contributed by atoms with Crippen molar-refractivity contribution in [1.82, 2.24) is 4.90 Å². The van der Waals surface area contributed by atoms with Crippen LogP contribution in [-0.2, 0) is 0 Å². The number of rotatable bonds is 3. The van der Waals surface area contributed by atoms with Crippen molar-refractivity contribution in [2.24, 2.45) is 5.73 Å². The molecule has 1 saturated heterocycles. The fourth-order valence-electron chi connectivity index (χ4n) is 2.24. The Balaban J connectivity index is 2.03. The number of carbonyl (C=O) groups excluding carboxylic acids is 1. The van der Waals surface area contributed by atoms with Crippen LogP contribution in [0, 0.1) is 11.6 Å². The van der Waals surface area contributed by atoms with Gasteiger partial charge in [0.2, 0.25) is 0 Å². The summed E-state index contributed by atoms with van der Waals surface area (Å²) >= 11 is 0. The number of Topliss-reactive ketones (excluding diaryl/α,β-unsaturated/α-hetero) is 1. The van der Waals surface area contributed by atoms with E-state index in [1.165, 1.54) is 6.07 Å². The number of carbonyl (C=O) groups is 1. The van der Waals surface area contributed by atoms with Crippen molar-refractivity contribution >= 4 is 5.78 Å². The van der Waals surface area contributed by atoms with Gasteiger partial charge in [0.1, 0.15) is 11.6 Å². The molecule has 1 unspecified atom stereocenters. The van der Waals surface area contributed by atoms with Crippen molar-refractivity contribution in [1.29, 1.82) is 0 Å². The van der Waals surface area contributed by atoms with E-state index < -0.39 is 11.6 Å². The summed E-state index contributed by atoms with van der Waals surface area (Å²) in [4.78, 5) is 13.8. The highest BCUT2D eigenvalue weighted by molar-refractivity contribution is 5.97. The second-order valence-corrected chi connectivity index (χ2v) is 4.68. The van der Waals surface area contributed by atoms with E-state index in [0.29, 0.717) is 6.54 Å². The van der Waals surface area contributed by atoms with Crippen LogP contribution in [-0.4, -0.2) is 36.4 Å². The summed E-state index contributed by atoms with van der Waals surface area (Å²) in [7, 11) is 0. The van der Waals surface area contributed by atoms with Crippen LogP contribution >= 0.6 is 0 Å². The monoisotopic (exact) mass is 254 g/mol. The maximum atomic E-state index is 13.4. The SMILES string of the molecule is NC1CCCN(CC(=O)c2ccc(F)cc2F)C1. The average Bonchev–Trinajstić information content (AvgIpc) is 2.28. The molecule has 1 fully saturated rings. The van der Waals surface area contributed by atoms with Crippen LogP contribution in [0.4, 0.5) is 8.78 Å². The highest BCUT2D eigenvalue weighted by Gasteiger charge is 2.21. The lowest BCUT2D eigenvalue weighted by atomic mass is 10.0. The lowest BCUT2D eigenvalue weighted by molar-refractivity contribution is 0.0904. The van der Waals surface area contributed by atoms with Crippen molar-refractivity contribution in [3.8, 4) is 0 Å². The number of piperidine rings is 1. The number of nitrogens with zero attached hydrogens (tertiary/aromatic N) is 1. The smallest absolute Gasteiger partial charge is 0.179 e. The summed E-state index contributed by atoms with van der Waals surface area (Å²) in [6.07, 6.45) is 1.90. The summed E-state index contributed by atoms with van der Waals surface area (Å²) in [6.45, 7) is 1.58. The molecule has 1 atom stereocenters. The van der Waals surface area contributed by atoms with E-state index in [1.54, 1.807) is 0 Å². The van der Waals surface area contributed by atoms with E-state index in [1.807, 2.05) is 4.90 Å². The third kappa shape index (κ3) is 3.11. The molecule has 5 heteroatoms. The van der Waals surface area contributed by atoms with Crippen LogP contribution in [0.1, 0.15) is 23.2 Å². The van der Waals surface area contributed by atoms with E-state index in [2.05, 4.69) is 0 Å². The Hall–Kier alpha value is -1.33. The average molecular weight is 254 g/mol. The predicted octanol–water partition coefficient (Wildman–Crippen LogP) is 1.57. The molecule has 1 aliphatic rings. The van der Waals surface area contributed by atoms with Gasteiger partial charge in [-0.1, -0.05) is 0 Å². The first kappa shape index (κ1) is 13.1. The molecule has 0 saturated carbocycles. The fourth-order valence-corrected chi connectivity index (χ4v) is 2.24. The number of benzene rings is 1. The zero-order chi connectivity index (χ0) is 13.1. The Kier molecular flexibility index (Phi) is 4.04. The van der Waals surface area contributed by atoms with Crippen LogP contribution in [0.25, 0.3) is 0 Å². The van der Waals surface area contributed by atoms with Crippen LogP contribution in [0.5, 0.6) is 0 Å². The molecule has 3 nitrogen and oxygen atoms in total. The Bertz CT molecular complexity index is 451. The van der Waals surface area contributed by atoms with Crippen molar-refractivity contribution < 1.29 is 13.6 Å². The Morgan fingerprint density at radius 3 is 2.89 bits per heavy atom. The molecule has 1 aromatic carbocycles. The Labute approximate surface area is 105 Å². The molecule has 0 spiro atoms. The Morgan fingerprint density at radius 2 is 2.22 bits per heavy atom. The summed E-state index contributed by atoms with van der Waals surface area (Å²) in [6, 6.07) is 3.09. The molecule has 1 aromatic rings. The highest BCUT2D eigenvalue weighted by Crippen LogP contribution is 2.13. The molecule has 0 amide bonds. The van der Waals surface area contributed by atoms with E-state index in [-0.39, 0.29) is 23.9 Å². The van der Waals surface area contributed by atoms with Crippen LogP contribution in [0.15, 0.2) is 18.2 Å². The standard InChI is InChI=1S/C13H16F2N2O/c14-9-3-4-11(12(15)6-9)13(18)8-17-5-1-2-10(16)7-17/h3-4,6,10H,1-2,5,7-8,16H2. The molecule has 2 N–H and O–H groups in total. The molecule has 1 aliphatic heterocycles. The van der Waals surface area contributed by atoms with Crippen LogP contribution in [0.3, 0.4) is 0 Å². The molecule has 0 aromatic heterocycles. The molecule has 0 bridgehead atoms.